The molecule has 1 aromatic carbocycles. The van der Waals surface area contributed by atoms with E-state index in [-0.39, 0.29) is 18.4 Å². The minimum atomic E-state index is 0.0353. The Hall–Kier alpha value is -2.74. The van der Waals surface area contributed by atoms with E-state index < -0.39 is 0 Å². The van der Waals surface area contributed by atoms with Crippen LogP contribution in [0.4, 0.5) is 5.95 Å². The maximum Gasteiger partial charge on any atom is 0.248 e. The molecule has 148 valence electrons. The van der Waals surface area contributed by atoms with Gasteiger partial charge >= 0.3 is 0 Å². The molecule has 1 aliphatic heterocycles. The Labute approximate surface area is 164 Å². The molecular formula is C20H26N6O2. The van der Waals surface area contributed by atoms with Crippen LogP contribution in [0.3, 0.4) is 0 Å². The molecule has 0 bridgehead atoms. The van der Waals surface area contributed by atoms with E-state index >= 15 is 0 Å². The zero-order valence-corrected chi connectivity index (χ0v) is 16.6. The Balaban J connectivity index is 1.76. The number of para-hydroxylation sites is 1. The van der Waals surface area contributed by atoms with Gasteiger partial charge in [0.15, 0.2) is 5.65 Å². The largest absolute Gasteiger partial charge is 0.375 e. The Morgan fingerprint density at radius 2 is 1.96 bits per heavy atom. The van der Waals surface area contributed by atoms with Crippen LogP contribution in [0.25, 0.3) is 16.6 Å². The summed E-state index contributed by atoms with van der Waals surface area (Å²) >= 11 is 0. The molecule has 0 atom stereocenters. The number of amides is 1. The van der Waals surface area contributed by atoms with Crippen molar-refractivity contribution < 1.29 is 9.53 Å². The van der Waals surface area contributed by atoms with Crippen LogP contribution in [0.1, 0.15) is 32.0 Å². The van der Waals surface area contributed by atoms with Crippen molar-refractivity contribution >= 4 is 28.4 Å². The third kappa shape index (κ3) is 3.28. The minimum Gasteiger partial charge on any atom is -0.375 e. The smallest absolute Gasteiger partial charge is 0.248 e. The first-order valence-corrected chi connectivity index (χ1v) is 9.75. The van der Waals surface area contributed by atoms with Crippen LogP contribution < -0.4 is 4.90 Å². The van der Waals surface area contributed by atoms with Gasteiger partial charge in [-0.2, -0.15) is 0 Å². The number of carbonyl (C=O) groups is 1. The molecule has 0 spiro atoms. The van der Waals surface area contributed by atoms with E-state index in [9.17, 15) is 4.79 Å². The SMILES string of the molecule is COCC(=O)N1CCCN(c2nc3ccccc3c3nnc(C(C)C)n23)CC1. The fourth-order valence-electron chi connectivity index (χ4n) is 3.75. The Bertz CT molecular complexity index is 999. The highest BCUT2D eigenvalue weighted by Gasteiger charge is 2.24. The third-order valence-electron chi connectivity index (χ3n) is 5.17. The van der Waals surface area contributed by atoms with Crippen LogP contribution in [-0.4, -0.2) is 70.3 Å². The summed E-state index contributed by atoms with van der Waals surface area (Å²) in [5.41, 5.74) is 1.74. The summed E-state index contributed by atoms with van der Waals surface area (Å²) in [6.07, 6.45) is 0.880. The fourth-order valence-corrected chi connectivity index (χ4v) is 3.75. The third-order valence-corrected chi connectivity index (χ3v) is 5.17. The molecule has 4 rings (SSSR count). The molecule has 0 radical (unpaired) electrons. The zero-order chi connectivity index (χ0) is 19.7. The second kappa shape index (κ2) is 7.71. The van der Waals surface area contributed by atoms with Crippen molar-refractivity contribution in [2.75, 3.05) is 44.8 Å². The number of hydrogen-bond acceptors (Lipinski definition) is 6. The van der Waals surface area contributed by atoms with Crippen LogP contribution in [0.5, 0.6) is 0 Å². The molecule has 1 amide bonds. The van der Waals surface area contributed by atoms with Gasteiger partial charge in [-0.15, -0.1) is 10.2 Å². The van der Waals surface area contributed by atoms with Crippen molar-refractivity contribution in [2.24, 2.45) is 0 Å². The quantitative estimate of drug-likeness (QED) is 0.688. The van der Waals surface area contributed by atoms with E-state index in [0.717, 1.165) is 47.8 Å². The molecule has 28 heavy (non-hydrogen) atoms. The first kappa shape index (κ1) is 18.6. The highest BCUT2D eigenvalue weighted by atomic mass is 16.5. The van der Waals surface area contributed by atoms with Crippen molar-refractivity contribution in [3.8, 4) is 0 Å². The van der Waals surface area contributed by atoms with Crippen molar-refractivity contribution in [1.82, 2.24) is 24.5 Å². The van der Waals surface area contributed by atoms with E-state index in [1.807, 2.05) is 29.2 Å². The van der Waals surface area contributed by atoms with Crippen molar-refractivity contribution in [3.63, 3.8) is 0 Å². The molecule has 8 heteroatoms. The molecule has 1 fully saturated rings. The number of methoxy groups -OCH3 is 1. The molecule has 3 heterocycles. The minimum absolute atomic E-state index is 0.0353. The topological polar surface area (TPSA) is 75.9 Å². The van der Waals surface area contributed by atoms with Gasteiger partial charge in [0.05, 0.1) is 5.52 Å². The van der Waals surface area contributed by atoms with E-state index in [2.05, 4.69) is 33.3 Å². The van der Waals surface area contributed by atoms with E-state index in [1.54, 1.807) is 7.11 Å². The molecule has 0 N–H and O–H groups in total. The summed E-state index contributed by atoms with van der Waals surface area (Å²) in [4.78, 5) is 21.3. The molecule has 0 unspecified atom stereocenters. The van der Waals surface area contributed by atoms with E-state index in [1.165, 1.54) is 0 Å². The van der Waals surface area contributed by atoms with Crippen LogP contribution in [-0.2, 0) is 9.53 Å². The number of benzene rings is 1. The summed E-state index contributed by atoms with van der Waals surface area (Å²) in [7, 11) is 1.55. The van der Waals surface area contributed by atoms with Crippen LogP contribution in [0.15, 0.2) is 24.3 Å². The number of hydrogen-bond donors (Lipinski definition) is 0. The number of ether oxygens (including phenoxy) is 1. The van der Waals surface area contributed by atoms with Crippen molar-refractivity contribution in [3.05, 3.63) is 30.1 Å². The van der Waals surface area contributed by atoms with Gasteiger partial charge in [-0.1, -0.05) is 26.0 Å². The predicted octanol–water partition coefficient (Wildman–Crippen LogP) is 2.09. The Kier molecular flexibility index (Phi) is 5.13. The summed E-state index contributed by atoms with van der Waals surface area (Å²) in [5, 5.41) is 9.93. The Morgan fingerprint density at radius 3 is 2.75 bits per heavy atom. The van der Waals surface area contributed by atoms with Gasteiger partial charge in [0.2, 0.25) is 11.9 Å². The number of carbonyl (C=O) groups excluding carboxylic acids is 1. The Morgan fingerprint density at radius 1 is 1.14 bits per heavy atom. The first-order valence-electron chi connectivity index (χ1n) is 9.75. The van der Waals surface area contributed by atoms with Gasteiger partial charge in [0, 0.05) is 44.6 Å². The molecule has 0 aliphatic carbocycles. The summed E-state index contributed by atoms with van der Waals surface area (Å²) in [5.74, 6) is 2.01. The van der Waals surface area contributed by atoms with E-state index in [0.29, 0.717) is 13.1 Å². The number of anilines is 1. The summed E-state index contributed by atoms with van der Waals surface area (Å²) < 4.78 is 7.09. The number of nitrogens with zero attached hydrogens (tertiary/aromatic N) is 6. The molecular weight excluding hydrogens is 356 g/mol. The monoisotopic (exact) mass is 382 g/mol. The van der Waals surface area contributed by atoms with Gasteiger partial charge in [-0.3, -0.25) is 4.79 Å². The molecule has 2 aromatic heterocycles. The fraction of sp³-hybridized carbons (Fsp3) is 0.500. The standard InChI is InChI=1S/C20H26N6O2/c1-14(2)18-22-23-19-15-7-4-5-8-16(15)21-20(26(18)19)25-10-6-9-24(11-12-25)17(27)13-28-3/h4-5,7-8,14H,6,9-13H2,1-3H3. The number of fused-ring (bicyclic) bond motifs is 3. The second-order valence-electron chi connectivity index (χ2n) is 7.46. The van der Waals surface area contributed by atoms with Crippen LogP contribution >= 0.6 is 0 Å². The predicted molar refractivity (Wildman–Crippen MR) is 108 cm³/mol. The van der Waals surface area contributed by atoms with E-state index in [4.69, 9.17) is 9.72 Å². The van der Waals surface area contributed by atoms with Gasteiger partial charge in [-0.05, 0) is 18.6 Å². The maximum absolute atomic E-state index is 12.2. The lowest BCUT2D eigenvalue weighted by Crippen LogP contribution is -2.37. The van der Waals surface area contributed by atoms with Gasteiger partial charge in [-0.25, -0.2) is 9.38 Å². The van der Waals surface area contributed by atoms with Crippen LogP contribution in [0.2, 0.25) is 0 Å². The lowest BCUT2D eigenvalue weighted by molar-refractivity contribution is -0.134. The number of aromatic nitrogens is 4. The number of rotatable bonds is 4. The van der Waals surface area contributed by atoms with Gasteiger partial charge < -0.3 is 14.5 Å². The normalized spacial score (nSPS) is 15.6. The second-order valence-corrected chi connectivity index (χ2v) is 7.46. The van der Waals surface area contributed by atoms with Crippen molar-refractivity contribution in [2.45, 2.75) is 26.2 Å². The van der Waals surface area contributed by atoms with Crippen LogP contribution in [0, 0.1) is 0 Å². The van der Waals surface area contributed by atoms with Gasteiger partial charge in [0.1, 0.15) is 12.4 Å². The highest BCUT2D eigenvalue weighted by molar-refractivity contribution is 5.92. The van der Waals surface area contributed by atoms with Crippen molar-refractivity contribution in [1.29, 1.82) is 0 Å². The first-order chi connectivity index (χ1) is 13.6. The highest BCUT2D eigenvalue weighted by Crippen LogP contribution is 2.27. The zero-order valence-electron chi connectivity index (χ0n) is 16.6. The lowest BCUT2D eigenvalue weighted by atomic mass is 10.2. The summed E-state index contributed by atoms with van der Waals surface area (Å²) in [6.45, 7) is 7.28. The molecule has 0 saturated carbocycles. The van der Waals surface area contributed by atoms with Gasteiger partial charge in [0.25, 0.3) is 0 Å². The molecule has 1 aliphatic rings. The summed E-state index contributed by atoms with van der Waals surface area (Å²) in [6, 6.07) is 8.03. The lowest BCUT2D eigenvalue weighted by Gasteiger charge is -2.24. The molecule has 1 saturated heterocycles. The maximum atomic E-state index is 12.2. The molecule has 3 aromatic rings. The molecule has 8 nitrogen and oxygen atoms in total. The average Bonchev–Trinajstić information content (AvgIpc) is 2.99. The average molecular weight is 382 g/mol.